The van der Waals surface area contributed by atoms with Gasteiger partial charge in [0.15, 0.2) is 5.79 Å². The van der Waals surface area contributed by atoms with Crippen molar-refractivity contribution in [1.82, 2.24) is 10.3 Å². The van der Waals surface area contributed by atoms with Crippen molar-refractivity contribution in [3.8, 4) is 0 Å². The minimum Gasteiger partial charge on any atom is -0.347 e. The Labute approximate surface area is 232 Å². The van der Waals surface area contributed by atoms with E-state index in [0.29, 0.717) is 13.2 Å². The largest absolute Gasteiger partial charge is 0.347 e. The van der Waals surface area contributed by atoms with E-state index >= 15 is 0 Å². The van der Waals surface area contributed by atoms with Gasteiger partial charge in [0.1, 0.15) is 0 Å². The summed E-state index contributed by atoms with van der Waals surface area (Å²) >= 11 is 0. The third-order valence-electron chi connectivity index (χ3n) is 8.80. The van der Waals surface area contributed by atoms with Crippen molar-refractivity contribution in [1.29, 1.82) is 0 Å². The summed E-state index contributed by atoms with van der Waals surface area (Å²) in [6.07, 6.45) is 1.66. The number of hydrogen-bond acceptors (Lipinski definition) is 6. The van der Waals surface area contributed by atoms with Gasteiger partial charge in [0, 0.05) is 12.1 Å². The van der Waals surface area contributed by atoms with Gasteiger partial charge in [0.25, 0.3) is 0 Å². The molecule has 0 aromatic heterocycles. The van der Waals surface area contributed by atoms with Crippen LogP contribution in [0.5, 0.6) is 0 Å². The Morgan fingerprint density at radius 1 is 0.925 bits per heavy atom. The van der Waals surface area contributed by atoms with Crippen molar-refractivity contribution in [3.05, 3.63) is 107 Å². The van der Waals surface area contributed by atoms with Crippen molar-refractivity contribution < 1.29 is 23.9 Å². The molecule has 2 atom stereocenters. The average molecular weight is 536 g/mol. The standard InChI is InChI=1S/C32H29N3O5/c1-31(39-15-16-40-31)17-25(36)34-33-19-32-23-13-7-5-11-21(23)26(22-12-6-8-14-24(22)32)27-28(32)30(38)35(29(27)37)18-20-9-3-2-4-10-20/h2-14,19,26-28H,15-18H2,1H3,(H,34,36)/b33-19+. The maximum absolute atomic E-state index is 14.3. The van der Waals surface area contributed by atoms with Crippen LogP contribution in [0, 0.1) is 11.8 Å². The molecular formula is C32H29N3O5. The molecule has 2 fully saturated rings. The molecule has 8 nitrogen and oxygen atoms in total. The highest BCUT2D eigenvalue weighted by Gasteiger charge is 2.67. The highest BCUT2D eigenvalue weighted by atomic mass is 16.7. The molecule has 2 heterocycles. The van der Waals surface area contributed by atoms with Crippen molar-refractivity contribution in [2.75, 3.05) is 13.2 Å². The lowest BCUT2D eigenvalue weighted by molar-refractivity contribution is -0.159. The van der Waals surface area contributed by atoms with E-state index in [9.17, 15) is 14.4 Å². The smallest absolute Gasteiger partial charge is 0.245 e. The molecule has 0 spiro atoms. The quantitative estimate of drug-likeness (QED) is 0.296. The van der Waals surface area contributed by atoms with Gasteiger partial charge in [-0.15, -0.1) is 0 Å². The van der Waals surface area contributed by atoms with E-state index in [1.807, 2.05) is 78.9 Å². The Kier molecular flexibility index (Phi) is 5.73. The topological polar surface area (TPSA) is 97.3 Å². The highest BCUT2D eigenvalue weighted by molar-refractivity contribution is 6.11. The Morgan fingerprint density at radius 3 is 2.17 bits per heavy atom. The molecule has 8 rings (SSSR count). The van der Waals surface area contributed by atoms with Gasteiger partial charge in [0.05, 0.1) is 43.4 Å². The van der Waals surface area contributed by atoms with Gasteiger partial charge in [-0.3, -0.25) is 19.3 Å². The number of amides is 3. The number of nitrogens with one attached hydrogen (secondary N) is 1. The molecule has 0 saturated carbocycles. The molecular weight excluding hydrogens is 506 g/mol. The molecule has 2 saturated heterocycles. The van der Waals surface area contributed by atoms with Crippen molar-refractivity contribution >= 4 is 23.9 Å². The van der Waals surface area contributed by atoms with Crippen LogP contribution in [0.4, 0.5) is 0 Å². The first-order valence-electron chi connectivity index (χ1n) is 13.6. The first-order chi connectivity index (χ1) is 19.4. The van der Waals surface area contributed by atoms with E-state index in [1.54, 1.807) is 13.1 Å². The van der Waals surface area contributed by atoms with Crippen molar-refractivity contribution in [2.45, 2.75) is 37.0 Å². The second kappa shape index (κ2) is 9.21. The van der Waals surface area contributed by atoms with Crippen LogP contribution in [0.2, 0.25) is 0 Å². The fraction of sp³-hybridized carbons (Fsp3) is 0.312. The Bertz CT molecular complexity index is 1500. The summed E-state index contributed by atoms with van der Waals surface area (Å²) in [6, 6.07) is 25.5. The summed E-state index contributed by atoms with van der Waals surface area (Å²) < 4.78 is 11.1. The van der Waals surface area contributed by atoms with Gasteiger partial charge in [-0.05, 0) is 34.7 Å². The highest BCUT2D eigenvalue weighted by Crippen LogP contribution is 2.63. The normalized spacial score (nSPS) is 27.5. The molecule has 40 heavy (non-hydrogen) atoms. The maximum atomic E-state index is 14.3. The molecule has 1 N–H and O–H groups in total. The summed E-state index contributed by atoms with van der Waals surface area (Å²) in [4.78, 5) is 42.6. The number of carbonyl (C=O) groups is 3. The van der Waals surface area contributed by atoms with Crippen LogP contribution < -0.4 is 5.43 Å². The number of imide groups is 1. The number of benzene rings is 3. The van der Waals surface area contributed by atoms with Crippen LogP contribution in [0.3, 0.4) is 0 Å². The molecule has 2 bridgehead atoms. The predicted molar refractivity (Wildman–Crippen MR) is 146 cm³/mol. The van der Waals surface area contributed by atoms with Crippen molar-refractivity contribution in [3.63, 3.8) is 0 Å². The van der Waals surface area contributed by atoms with Crippen LogP contribution in [0.1, 0.15) is 47.1 Å². The van der Waals surface area contributed by atoms with E-state index in [0.717, 1.165) is 27.8 Å². The van der Waals surface area contributed by atoms with Crippen molar-refractivity contribution in [2.24, 2.45) is 16.9 Å². The van der Waals surface area contributed by atoms with Gasteiger partial charge < -0.3 is 9.47 Å². The molecule has 3 aromatic rings. The number of carbonyl (C=O) groups excluding carboxylic acids is 3. The first kappa shape index (κ1) is 24.9. The zero-order chi connectivity index (χ0) is 27.5. The first-order valence-corrected chi connectivity index (χ1v) is 13.6. The lowest BCUT2D eigenvalue weighted by Gasteiger charge is -2.52. The molecule has 3 amide bonds. The van der Waals surface area contributed by atoms with Crippen LogP contribution in [-0.4, -0.2) is 47.8 Å². The van der Waals surface area contributed by atoms with E-state index in [2.05, 4.69) is 10.5 Å². The van der Waals surface area contributed by atoms with Gasteiger partial charge in [-0.1, -0.05) is 78.9 Å². The van der Waals surface area contributed by atoms with Crippen LogP contribution in [0.25, 0.3) is 0 Å². The molecule has 3 aromatic carbocycles. The molecule has 3 aliphatic carbocycles. The number of nitrogens with zero attached hydrogens (tertiary/aromatic N) is 2. The lowest BCUT2D eigenvalue weighted by Crippen LogP contribution is -2.54. The number of rotatable bonds is 6. The second-order valence-electron chi connectivity index (χ2n) is 11.1. The second-order valence-corrected chi connectivity index (χ2v) is 11.1. The number of likely N-dealkylation sites (tertiary alicyclic amines) is 1. The fourth-order valence-electron chi connectivity index (χ4n) is 7.23. The van der Waals surface area contributed by atoms with E-state index < -0.39 is 23.0 Å². The summed E-state index contributed by atoms with van der Waals surface area (Å²) in [5.74, 6) is -3.23. The van der Waals surface area contributed by atoms with E-state index in [4.69, 9.17) is 9.47 Å². The fourth-order valence-corrected chi connectivity index (χ4v) is 7.23. The van der Waals surface area contributed by atoms with Gasteiger partial charge in [0.2, 0.25) is 17.7 Å². The summed E-state index contributed by atoms with van der Waals surface area (Å²) in [5.41, 5.74) is 6.42. The average Bonchev–Trinajstić information content (AvgIpc) is 3.51. The third kappa shape index (κ3) is 3.59. The number of hydrogen-bond donors (Lipinski definition) is 1. The lowest BCUT2D eigenvalue weighted by atomic mass is 9.47. The van der Waals surface area contributed by atoms with Crippen LogP contribution in [-0.2, 0) is 35.8 Å². The summed E-state index contributed by atoms with van der Waals surface area (Å²) in [7, 11) is 0. The minimum atomic E-state index is -1.03. The van der Waals surface area contributed by atoms with E-state index in [-0.39, 0.29) is 36.6 Å². The molecule has 202 valence electrons. The van der Waals surface area contributed by atoms with Crippen LogP contribution in [0.15, 0.2) is 84.0 Å². The Morgan fingerprint density at radius 2 is 1.52 bits per heavy atom. The predicted octanol–water partition coefficient (Wildman–Crippen LogP) is 3.49. The zero-order valence-corrected chi connectivity index (χ0v) is 22.1. The Balaban J connectivity index is 1.32. The van der Waals surface area contributed by atoms with Crippen LogP contribution >= 0.6 is 0 Å². The molecule has 8 heteroatoms. The SMILES string of the molecule is CC1(CC(=O)N/N=C/C23c4ccccc4C(c4ccccc42)C2C(=O)N(Cc4ccccc4)C(=O)C23)OCCO1. The number of ether oxygens (including phenoxy) is 2. The van der Waals surface area contributed by atoms with Gasteiger partial charge >= 0.3 is 0 Å². The summed E-state index contributed by atoms with van der Waals surface area (Å²) in [5, 5.41) is 4.44. The third-order valence-corrected chi connectivity index (χ3v) is 8.80. The molecule has 0 radical (unpaired) electrons. The minimum absolute atomic E-state index is 0.0130. The zero-order valence-electron chi connectivity index (χ0n) is 22.1. The Hall–Kier alpha value is -4.14. The van der Waals surface area contributed by atoms with E-state index in [1.165, 1.54) is 4.90 Å². The molecule has 2 aliphatic heterocycles. The number of hydrazone groups is 1. The monoisotopic (exact) mass is 535 g/mol. The maximum Gasteiger partial charge on any atom is 0.245 e. The molecule has 5 aliphatic rings. The molecule has 2 unspecified atom stereocenters. The van der Waals surface area contributed by atoms with Gasteiger partial charge in [-0.2, -0.15) is 5.10 Å². The summed E-state index contributed by atoms with van der Waals surface area (Å²) in [6.45, 7) is 2.81. The van der Waals surface area contributed by atoms with Gasteiger partial charge in [-0.25, -0.2) is 5.43 Å².